The van der Waals surface area contributed by atoms with Gasteiger partial charge in [0.1, 0.15) is 0 Å². The summed E-state index contributed by atoms with van der Waals surface area (Å²) in [7, 11) is 4.18. The third kappa shape index (κ3) is 2.66. The maximum Gasteiger partial charge on any atom is 0.0991 e. The lowest BCUT2D eigenvalue weighted by Crippen LogP contribution is -2.14. The molecule has 0 N–H and O–H groups in total. The molecular formula is C14H17N3. The SMILES string of the molecule is CN(C)CCCn1ccc2cc(C#N)ccc21. The fraction of sp³-hybridized carbons (Fsp3) is 0.357. The van der Waals surface area contributed by atoms with E-state index in [1.54, 1.807) is 0 Å². The average Bonchev–Trinajstić information content (AvgIpc) is 2.71. The van der Waals surface area contributed by atoms with Gasteiger partial charge in [-0.05, 0) is 51.3 Å². The predicted molar refractivity (Wildman–Crippen MR) is 69.8 cm³/mol. The molecule has 0 fully saturated rings. The van der Waals surface area contributed by atoms with Crippen molar-refractivity contribution in [2.24, 2.45) is 0 Å². The van der Waals surface area contributed by atoms with E-state index in [0.29, 0.717) is 0 Å². The van der Waals surface area contributed by atoms with Gasteiger partial charge in [0, 0.05) is 23.6 Å². The Labute approximate surface area is 102 Å². The van der Waals surface area contributed by atoms with Crippen molar-refractivity contribution >= 4 is 10.9 Å². The Balaban J connectivity index is 2.16. The second-order valence-corrected chi connectivity index (χ2v) is 4.55. The van der Waals surface area contributed by atoms with Gasteiger partial charge >= 0.3 is 0 Å². The number of hydrogen-bond acceptors (Lipinski definition) is 2. The Hall–Kier alpha value is -1.79. The van der Waals surface area contributed by atoms with E-state index in [2.05, 4.69) is 41.9 Å². The second-order valence-electron chi connectivity index (χ2n) is 4.55. The number of aromatic nitrogens is 1. The van der Waals surface area contributed by atoms with Crippen molar-refractivity contribution in [2.75, 3.05) is 20.6 Å². The van der Waals surface area contributed by atoms with Crippen molar-refractivity contribution in [1.82, 2.24) is 9.47 Å². The van der Waals surface area contributed by atoms with Gasteiger partial charge < -0.3 is 9.47 Å². The lowest BCUT2D eigenvalue weighted by molar-refractivity contribution is 0.388. The molecule has 2 aromatic rings. The Morgan fingerprint density at radius 3 is 2.82 bits per heavy atom. The van der Waals surface area contributed by atoms with E-state index in [-0.39, 0.29) is 0 Å². The highest BCUT2D eigenvalue weighted by atomic mass is 15.1. The number of rotatable bonds is 4. The molecule has 0 saturated carbocycles. The maximum atomic E-state index is 8.84. The third-order valence-corrected chi connectivity index (χ3v) is 2.90. The summed E-state index contributed by atoms with van der Waals surface area (Å²) in [6.07, 6.45) is 3.23. The highest BCUT2D eigenvalue weighted by Gasteiger charge is 2.02. The monoisotopic (exact) mass is 227 g/mol. The molecule has 0 aliphatic carbocycles. The Morgan fingerprint density at radius 1 is 1.29 bits per heavy atom. The Bertz CT molecular complexity index is 546. The van der Waals surface area contributed by atoms with Crippen molar-refractivity contribution in [3.05, 3.63) is 36.0 Å². The van der Waals surface area contributed by atoms with Crippen LogP contribution in [0.2, 0.25) is 0 Å². The van der Waals surface area contributed by atoms with Crippen molar-refractivity contribution in [1.29, 1.82) is 5.26 Å². The molecule has 0 aliphatic rings. The van der Waals surface area contributed by atoms with Crippen LogP contribution >= 0.6 is 0 Å². The first-order valence-electron chi connectivity index (χ1n) is 5.84. The van der Waals surface area contributed by atoms with Gasteiger partial charge in [-0.25, -0.2) is 0 Å². The smallest absolute Gasteiger partial charge is 0.0991 e. The molecule has 1 heterocycles. The molecule has 0 saturated heterocycles. The fourth-order valence-corrected chi connectivity index (χ4v) is 2.02. The van der Waals surface area contributed by atoms with Crippen LogP contribution in [0.3, 0.4) is 0 Å². The van der Waals surface area contributed by atoms with Crippen LogP contribution in [0.4, 0.5) is 0 Å². The van der Waals surface area contributed by atoms with Gasteiger partial charge in [0.15, 0.2) is 0 Å². The molecular weight excluding hydrogens is 210 g/mol. The molecule has 17 heavy (non-hydrogen) atoms. The van der Waals surface area contributed by atoms with Crippen LogP contribution in [0, 0.1) is 11.3 Å². The summed E-state index contributed by atoms with van der Waals surface area (Å²) in [6, 6.07) is 10.1. The standard InChI is InChI=1S/C14H17N3/c1-16(2)7-3-8-17-9-6-13-10-12(11-15)4-5-14(13)17/h4-6,9-10H,3,7-8H2,1-2H3. The molecule has 1 aromatic heterocycles. The van der Waals surface area contributed by atoms with Crippen LogP contribution < -0.4 is 0 Å². The molecule has 88 valence electrons. The molecule has 0 atom stereocenters. The third-order valence-electron chi connectivity index (χ3n) is 2.90. The van der Waals surface area contributed by atoms with E-state index in [4.69, 9.17) is 5.26 Å². The molecule has 0 spiro atoms. The van der Waals surface area contributed by atoms with Crippen LogP contribution in [-0.2, 0) is 6.54 Å². The average molecular weight is 227 g/mol. The van der Waals surface area contributed by atoms with E-state index in [1.165, 1.54) is 5.52 Å². The summed E-state index contributed by atoms with van der Waals surface area (Å²) >= 11 is 0. The molecule has 0 radical (unpaired) electrons. The molecule has 1 aromatic carbocycles. The minimum atomic E-state index is 0.726. The molecule has 2 rings (SSSR count). The second kappa shape index (κ2) is 5.03. The van der Waals surface area contributed by atoms with Gasteiger partial charge in [-0.1, -0.05) is 0 Å². The number of aryl methyl sites for hydroxylation is 1. The number of benzene rings is 1. The minimum absolute atomic E-state index is 0.726. The summed E-state index contributed by atoms with van der Waals surface area (Å²) in [5.74, 6) is 0. The van der Waals surface area contributed by atoms with Crippen LogP contribution in [0.15, 0.2) is 30.5 Å². The van der Waals surface area contributed by atoms with E-state index in [9.17, 15) is 0 Å². The first-order valence-corrected chi connectivity index (χ1v) is 5.84. The summed E-state index contributed by atoms with van der Waals surface area (Å²) in [6.45, 7) is 2.11. The van der Waals surface area contributed by atoms with Gasteiger partial charge in [0.05, 0.1) is 11.6 Å². The van der Waals surface area contributed by atoms with Gasteiger partial charge in [-0.3, -0.25) is 0 Å². The zero-order valence-electron chi connectivity index (χ0n) is 10.3. The van der Waals surface area contributed by atoms with Crippen molar-refractivity contribution in [3.63, 3.8) is 0 Å². The topological polar surface area (TPSA) is 32.0 Å². The van der Waals surface area contributed by atoms with Crippen molar-refractivity contribution < 1.29 is 0 Å². The van der Waals surface area contributed by atoms with E-state index in [0.717, 1.165) is 30.5 Å². The minimum Gasteiger partial charge on any atom is -0.347 e. The molecule has 0 amide bonds. The largest absolute Gasteiger partial charge is 0.347 e. The van der Waals surface area contributed by atoms with E-state index < -0.39 is 0 Å². The first kappa shape index (κ1) is 11.7. The number of hydrogen-bond donors (Lipinski definition) is 0. The van der Waals surface area contributed by atoms with Crippen molar-refractivity contribution in [2.45, 2.75) is 13.0 Å². The summed E-state index contributed by atoms with van der Waals surface area (Å²) in [5, 5.41) is 9.99. The summed E-state index contributed by atoms with van der Waals surface area (Å²) in [5.41, 5.74) is 1.94. The molecule has 0 bridgehead atoms. The number of nitriles is 1. The normalized spacial score (nSPS) is 10.9. The maximum absolute atomic E-state index is 8.84. The Morgan fingerprint density at radius 2 is 2.12 bits per heavy atom. The van der Waals surface area contributed by atoms with Gasteiger partial charge in [-0.2, -0.15) is 5.26 Å². The first-order chi connectivity index (χ1) is 8.20. The van der Waals surface area contributed by atoms with E-state index >= 15 is 0 Å². The lowest BCUT2D eigenvalue weighted by Gasteiger charge is -2.10. The molecule has 3 heteroatoms. The molecule has 0 unspecified atom stereocenters. The van der Waals surface area contributed by atoms with Crippen molar-refractivity contribution in [3.8, 4) is 6.07 Å². The molecule has 3 nitrogen and oxygen atoms in total. The van der Waals surface area contributed by atoms with Crippen LogP contribution in [-0.4, -0.2) is 30.1 Å². The number of fused-ring (bicyclic) bond motifs is 1. The van der Waals surface area contributed by atoms with Crippen LogP contribution in [0.1, 0.15) is 12.0 Å². The Kier molecular flexibility index (Phi) is 3.46. The van der Waals surface area contributed by atoms with Gasteiger partial charge in [-0.15, -0.1) is 0 Å². The van der Waals surface area contributed by atoms with Crippen LogP contribution in [0.5, 0.6) is 0 Å². The highest BCUT2D eigenvalue weighted by Crippen LogP contribution is 2.17. The van der Waals surface area contributed by atoms with Gasteiger partial charge in [0.2, 0.25) is 0 Å². The zero-order chi connectivity index (χ0) is 12.3. The zero-order valence-corrected chi connectivity index (χ0v) is 10.3. The van der Waals surface area contributed by atoms with Crippen LogP contribution in [0.25, 0.3) is 10.9 Å². The van der Waals surface area contributed by atoms with E-state index in [1.807, 2.05) is 18.2 Å². The fourth-order valence-electron chi connectivity index (χ4n) is 2.02. The highest BCUT2D eigenvalue weighted by molar-refractivity contribution is 5.81. The number of nitrogens with zero attached hydrogens (tertiary/aromatic N) is 3. The quantitative estimate of drug-likeness (QED) is 0.803. The summed E-state index contributed by atoms with van der Waals surface area (Å²) in [4.78, 5) is 2.19. The van der Waals surface area contributed by atoms with Gasteiger partial charge in [0.25, 0.3) is 0 Å². The lowest BCUT2D eigenvalue weighted by atomic mass is 10.2. The predicted octanol–water partition coefficient (Wildman–Crippen LogP) is 2.46. The summed E-state index contributed by atoms with van der Waals surface area (Å²) < 4.78 is 2.25. The molecule has 0 aliphatic heterocycles.